The Hall–Kier alpha value is -1.60. The SMILES string of the molecule is O=C(NCCCO)NS(=O)(=O)c1ccccc1. The van der Waals surface area contributed by atoms with Crippen molar-refractivity contribution < 1.29 is 18.3 Å². The van der Waals surface area contributed by atoms with Crippen LogP contribution in [-0.4, -0.2) is 32.7 Å². The van der Waals surface area contributed by atoms with Crippen LogP contribution in [0.2, 0.25) is 0 Å². The summed E-state index contributed by atoms with van der Waals surface area (Å²) in [7, 11) is -3.82. The molecule has 2 amide bonds. The highest BCUT2D eigenvalue weighted by Gasteiger charge is 2.16. The number of benzene rings is 1. The van der Waals surface area contributed by atoms with E-state index in [1.54, 1.807) is 18.2 Å². The van der Waals surface area contributed by atoms with Crippen LogP contribution >= 0.6 is 0 Å². The third-order valence-corrected chi connectivity index (χ3v) is 3.25. The normalized spacial score (nSPS) is 10.9. The van der Waals surface area contributed by atoms with Gasteiger partial charge in [-0.2, -0.15) is 0 Å². The van der Waals surface area contributed by atoms with Crippen molar-refractivity contribution in [3.8, 4) is 0 Å². The quantitative estimate of drug-likeness (QED) is 0.651. The topological polar surface area (TPSA) is 95.5 Å². The lowest BCUT2D eigenvalue weighted by molar-refractivity contribution is 0.243. The molecule has 1 aromatic rings. The number of hydrogen-bond donors (Lipinski definition) is 3. The van der Waals surface area contributed by atoms with E-state index in [0.29, 0.717) is 6.42 Å². The van der Waals surface area contributed by atoms with E-state index in [0.717, 1.165) is 0 Å². The molecule has 0 saturated carbocycles. The summed E-state index contributed by atoms with van der Waals surface area (Å²) in [5.41, 5.74) is 0. The summed E-state index contributed by atoms with van der Waals surface area (Å²) in [4.78, 5) is 11.2. The maximum absolute atomic E-state index is 11.7. The molecule has 3 N–H and O–H groups in total. The number of nitrogens with one attached hydrogen (secondary N) is 2. The zero-order chi connectivity index (χ0) is 12.7. The average molecular weight is 258 g/mol. The standard InChI is InChI=1S/C10H14N2O4S/c13-8-4-7-11-10(14)12-17(15,16)9-5-2-1-3-6-9/h1-3,5-6,13H,4,7-8H2,(H2,11,12,14). The van der Waals surface area contributed by atoms with Gasteiger partial charge in [-0.25, -0.2) is 17.9 Å². The van der Waals surface area contributed by atoms with Crippen molar-refractivity contribution in [2.45, 2.75) is 11.3 Å². The third kappa shape index (κ3) is 4.41. The first-order valence-electron chi connectivity index (χ1n) is 5.03. The zero-order valence-corrected chi connectivity index (χ0v) is 9.90. The van der Waals surface area contributed by atoms with Gasteiger partial charge >= 0.3 is 6.03 Å². The molecule has 0 atom stereocenters. The third-order valence-electron chi connectivity index (χ3n) is 1.90. The van der Waals surface area contributed by atoms with Gasteiger partial charge in [0.1, 0.15) is 0 Å². The molecule has 94 valence electrons. The van der Waals surface area contributed by atoms with Gasteiger partial charge < -0.3 is 10.4 Å². The molecule has 0 bridgehead atoms. The number of urea groups is 1. The van der Waals surface area contributed by atoms with E-state index in [-0.39, 0.29) is 18.0 Å². The van der Waals surface area contributed by atoms with E-state index < -0.39 is 16.1 Å². The molecular weight excluding hydrogens is 244 g/mol. The van der Waals surface area contributed by atoms with Crippen molar-refractivity contribution in [1.29, 1.82) is 0 Å². The van der Waals surface area contributed by atoms with Gasteiger partial charge in [0.05, 0.1) is 4.90 Å². The van der Waals surface area contributed by atoms with Crippen molar-refractivity contribution in [2.75, 3.05) is 13.2 Å². The van der Waals surface area contributed by atoms with Gasteiger partial charge in [-0.05, 0) is 18.6 Å². The zero-order valence-electron chi connectivity index (χ0n) is 9.09. The highest BCUT2D eigenvalue weighted by molar-refractivity contribution is 7.90. The molecule has 0 spiro atoms. The monoisotopic (exact) mass is 258 g/mol. The summed E-state index contributed by atoms with van der Waals surface area (Å²) in [6.07, 6.45) is 0.374. The van der Waals surface area contributed by atoms with Crippen molar-refractivity contribution in [3.63, 3.8) is 0 Å². The molecule has 0 radical (unpaired) electrons. The molecule has 7 heteroatoms. The lowest BCUT2D eigenvalue weighted by Crippen LogP contribution is -2.39. The second-order valence-electron chi connectivity index (χ2n) is 3.25. The first-order chi connectivity index (χ1) is 8.06. The Bertz CT molecular complexity index is 458. The van der Waals surface area contributed by atoms with E-state index in [2.05, 4.69) is 5.32 Å². The van der Waals surface area contributed by atoms with Gasteiger partial charge in [-0.1, -0.05) is 18.2 Å². The van der Waals surface area contributed by atoms with Crippen molar-refractivity contribution in [2.24, 2.45) is 0 Å². The van der Waals surface area contributed by atoms with Crippen LogP contribution in [-0.2, 0) is 10.0 Å². The van der Waals surface area contributed by atoms with Crippen molar-refractivity contribution in [1.82, 2.24) is 10.0 Å². The van der Waals surface area contributed by atoms with Crippen LogP contribution in [0.4, 0.5) is 4.79 Å². The number of aliphatic hydroxyl groups excluding tert-OH is 1. The number of aliphatic hydroxyl groups is 1. The lowest BCUT2D eigenvalue weighted by Gasteiger charge is -2.07. The van der Waals surface area contributed by atoms with Gasteiger partial charge in [-0.3, -0.25) is 0 Å². The molecule has 0 unspecified atom stereocenters. The Labute approximate surface area is 99.7 Å². The molecule has 0 aliphatic heterocycles. The number of carbonyl (C=O) groups is 1. The summed E-state index contributed by atoms with van der Waals surface area (Å²) in [6.45, 7) is 0.151. The van der Waals surface area contributed by atoms with Gasteiger partial charge in [0.25, 0.3) is 10.0 Å². The second-order valence-corrected chi connectivity index (χ2v) is 4.93. The van der Waals surface area contributed by atoms with Gasteiger partial charge in [0.15, 0.2) is 0 Å². The molecule has 0 heterocycles. The van der Waals surface area contributed by atoms with Gasteiger partial charge in [0.2, 0.25) is 0 Å². The Morgan fingerprint density at radius 2 is 1.88 bits per heavy atom. The van der Waals surface area contributed by atoms with Crippen LogP contribution in [0.1, 0.15) is 6.42 Å². The molecular formula is C10H14N2O4S. The van der Waals surface area contributed by atoms with Crippen LogP contribution in [0.5, 0.6) is 0 Å². The average Bonchev–Trinajstić information content (AvgIpc) is 2.30. The summed E-state index contributed by atoms with van der Waals surface area (Å²) in [5, 5.41) is 10.8. The van der Waals surface area contributed by atoms with Crippen LogP contribution in [0.25, 0.3) is 0 Å². The number of rotatable bonds is 5. The van der Waals surface area contributed by atoms with E-state index in [1.807, 2.05) is 4.72 Å². The molecule has 0 aromatic heterocycles. The lowest BCUT2D eigenvalue weighted by atomic mass is 10.4. The van der Waals surface area contributed by atoms with E-state index in [4.69, 9.17) is 5.11 Å². The highest BCUT2D eigenvalue weighted by atomic mass is 32.2. The molecule has 0 aliphatic carbocycles. The fourth-order valence-corrected chi connectivity index (χ4v) is 2.05. The van der Waals surface area contributed by atoms with Crippen LogP contribution in [0, 0.1) is 0 Å². The number of hydrogen-bond acceptors (Lipinski definition) is 4. The van der Waals surface area contributed by atoms with Gasteiger partial charge in [-0.15, -0.1) is 0 Å². The summed E-state index contributed by atoms with van der Waals surface area (Å²) in [5.74, 6) is 0. The number of carbonyl (C=O) groups excluding carboxylic acids is 1. The van der Waals surface area contributed by atoms with Crippen LogP contribution < -0.4 is 10.0 Å². The van der Waals surface area contributed by atoms with Gasteiger partial charge in [0, 0.05) is 13.2 Å². The summed E-state index contributed by atoms with van der Waals surface area (Å²) < 4.78 is 25.2. The van der Waals surface area contributed by atoms with E-state index >= 15 is 0 Å². The minimum absolute atomic E-state index is 0.0253. The second kappa shape index (κ2) is 6.21. The summed E-state index contributed by atoms with van der Waals surface area (Å²) >= 11 is 0. The predicted molar refractivity (Wildman–Crippen MR) is 61.9 cm³/mol. The maximum Gasteiger partial charge on any atom is 0.328 e. The molecule has 17 heavy (non-hydrogen) atoms. The molecule has 1 aromatic carbocycles. The number of sulfonamides is 1. The molecule has 0 saturated heterocycles. The Morgan fingerprint density at radius 1 is 1.24 bits per heavy atom. The first kappa shape index (κ1) is 13.5. The predicted octanol–water partition coefficient (Wildman–Crippen LogP) is 0.0569. The fourth-order valence-electron chi connectivity index (χ4n) is 1.10. The Balaban J connectivity index is 2.59. The van der Waals surface area contributed by atoms with Crippen LogP contribution in [0.3, 0.4) is 0 Å². The largest absolute Gasteiger partial charge is 0.396 e. The minimum Gasteiger partial charge on any atom is -0.396 e. The maximum atomic E-state index is 11.7. The Morgan fingerprint density at radius 3 is 2.47 bits per heavy atom. The van der Waals surface area contributed by atoms with Crippen molar-refractivity contribution >= 4 is 16.1 Å². The molecule has 0 aliphatic rings. The van der Waals surface area contributed by atoms with E-state index in [1.165, 1.54) is 12.1 Å². The highest BCUT2D eigenvalue weighted by Crippen LogP contribution is 2.06. The van der Waals surface area contributed by atoms with Crippen molar-refractivity contribution in [3.05, 3.63) is 30.3 Å². The molecule has 0 fully saturated rings. The summed E-state index contributed by atoms with van der Waals surface area (Å²) in [6, 6.07) is 6.80. The molecule has 1 rings (SSSR count). The smallest absolute Gasteiger partial charge is 0.328 e. The first-order valence-corrected chi connectivity index (χ1v) is 6.51. The fraction of sp³-hybridized carbons (Fsp3) is 0.300. The Kier molecular flexibility index (Phi) is 4.92. The molecule has 6 nitrogen and oxygen atoms in total. The van der Waals surface area contributed by atoms with Crippen LogP contribution in [0.15, 0.2) is 35.2 Å². The number of amides is 2. The minimum atomic E-state index is -3.82. The van der Waals surface area contributed by atoms with E-state index in [9.17, 15) is 13.2 Å².